The predicted octanol–water partition coefficient (Wildman–Crippen LogP) is 1.58. The minimum absolute atomic E-state index is 0.0407. The van der Waals surface area contributed by atoms with Gasteiger partial charge in [-0.2, -0.15) is 0 Å². The number of phenols is 2. The summed E-state index contributed by atoms with van der Waals surface area (Å²) in [7, 11) is 4.22. The maximum absolute atomic E-state index is 10.1. The minimum atomic E-state index is 0.0407. The van der Waals surface area contributed by atoms with E-state index in [1.54, 1.807) is 6.07 Å². The lowest BCUT2D eigenvalue weighted by Gasteiger charge is -2.40. The fraction of sp³-hybridized carbons (Fsp3) is 0.600. The number of aliphatic hydroxyl groups is 1. The third-order valence-corrected chi connectivity index (χ3v) is 4.58. The summed E-state index contributed by atoms with van der Waals surface area (Å²) < 4.78 is 0.732. The van der Waals surface area contributed by atoms with E-state index in [9.17, 15) is 15.3 Å². The Labute approximate surface area is 114 Å². The Hall–Kier alpha value is -1.26. The summed E-state index contributed by atoms with van der Waals surface area (Å²) in [5.74, 6) is 0.684. The first-order chi connectivity index (χ1) is 8.86. The zero-order valence-electron chi connectivity index (χ0n) is 11.9. The van der Waals surface area contributed by atoms with Gasteiger partial charge in [-0.15, -0.1) is 0 Å². The molecule has 1 heterocycles. The average molecular weight is 266 g/mol. The molecular weight excluding hydrogens is 242 g/mol. The molecule has 1 aromatic rings. The van der Waals surface area contributed by atoms with Crippen molar-refractivity contribution in [2.45, 2.75) is 31.7 Å². The highest BCUT2D eigenvalue weighted by Gasteiger charge is 2.34. The van der Waals surface area contributed by atoms with Gasteiger partial charge in [-0.05, 0) is 18.1 Å². The average Bonchev–Trinajstić information content (AvgIpc) is 2.35. The number of likely N-dealkylation sites (N-methyl/N-ethyl adjacent to an activating group) is 1. The number of rotatable bonds is 1. The van der Waals surface area contributed by atoms with Gasteiger partial charge in [0.25, 0.3) is 0 Å². The molecule has 0 aromatic heterocycles. The van der Waals surface area contributed by atoms with Gasteiger partial charge in [0.15, 0.2) is 0 Å². The first-order valence-electron chi connectivity index (χ1n) is 6.84. The van der Waals surface area contributed by atoms with Gasteiger partial charge in [0.2, 0.25) is 0 Å². The molecule has 106 valence electrons. The van der Waals surface area contributed by atoms with Crippen molar-refractivity contribution in [2.24, 2.45) is 0 Å². The van der Waals surface area contributed by atoms with Crippen molar-refractivity contribution in [3.63, 3.8) is 0 Å². The quantitative estimate of drug-likeness (QED) is 0.534. The van der Waals surface area contributed by atoms with Crippen LogP contribution in [0.1, 0.15) is 30.4 Å². The molecule has 0 radical (unpaired) electrons. The molecule has 2 atom stereocenters. The van der Waals surface area contributed by atoms with Gasteiger partial charge in [-0.3, -0.25) is 0 Å². The number of hydrogen-bond donors (Lipinski definition) is 3. The van der Waals surface area contributed by atoms with Crippen LogP contribution in [0.3, 0.4) is 0 Å². The van der Waals surface area contributed by atoms with Crippen LogP contribution in [-0.4, -0.2) is 53.1 Å². The Bertz CT molecular complexity index is 471. The number of phenolic OH excluding ortho intramolecular Hbond substituents is 2. The van der Waals surface area contributed by atoms with Gasteiger partial charge in [0, 0.05) is 24.0 Å². The van der Waals surface area contributed by atoms with E-state index >= 15 is 0 Å². The second kappa shape index (κ2) is 5.02. The van der Waals surface area contributed by atoms with Crippen molar-refractivity contribution in [3.05, 3.63) is 23.3 Å². The smallest absolute Gasteiger partial charge is 0.119 e. The Morgan fingerprint density at radius 3 is 2.47 bits per heavy atom. The fourth-order valence-corrected chi connectivity index (χ4v) is 3.03. The van der Waals surface area contributed by atoms with Crippen LogP contribution in [0.2, 0.25) is 0 Å². The van der Waals surface area contributed by atoms with E-state index in [-0.39, 0.29) is 30.1 Å². The van der Waals surface area contributed by atoms with Crippen molar-refractivity contribution < 1.29 is 19.8 Å². The third kappa shape index (κ3) is 2.55. The standard InChI is InChI=1S/C15H23NO3/c1-10-6-7-16(2,3)11(9-17)8-12-13(18)4-5-14(19)15(10)12/h4-5,10-11,17H,6-9H2,1-3H3,(H-,18,19)/p+1/t10-,11?/m1/s1. The van der Waals surface area contributed by atoms with Gasteiger partial charge in [-0.1, -0.05) is 6.92 Å². The van der Waals surface area contributed by atoms with E-state index < -0.39 is 0 Å². The summed E-state index contributed by atoms with van der Waals surface area (Å²) in [5, 5.41) is 29.8. The highest BCUT2D eigenvalue weighted by atomic mass is 16.3. The van der Waals surface area contributed by atoms with Gasteiger partial charge >= 0.3 is 0 Å². The molecule has 0 fully saturated rings. The molecule has 0 amide bonds. The largest absolute Gasteiger partial charge is 0.508 e. The van der Waals surface area contributed by atoms with E-state index in [4.69, 9.17) is 0 Å². The monoisotopic (exact) mass is 266 g/mol. The summed E-state index contributed by atoms with van der Waals surface area (Å²) in [5.41, 5.74) is 1.63. The van der Waals surface area contributed by atoms with Crippen LogP contribution >= 0.6 is 0 Å². The zero-order chi connectivity index (χ0) is 14.2. The number of hydrogen-bond acceptors (Lipinski definition) is 3. The van der Waals surface area contributed by atoms with Crippen LogP contribution in [0.25, 0.3) is 0 Å². The number of nitrogens with zero attached hydrogens (tertiary/aromatic N) is 1. The molecule has 1 aliphatic rings. The second-order valence-corrected chi connectivity index (χ2v) is 6.23. The van der Waals surface area contributed by atoms with Crippen LogP contribution in [0.15, 0.2) is 12.1 Å². The first-order valence-corrected chi connectivity index (χ1v) is 6.84. The molecule has 3 N–H and O–H groups in total. The van der Waals surface area contributed by atoms with Crippen LogP contribution in [0, 0.1) is 0 Å². The van der Waals surface area contributed by atoms with Crippen molar-refractivity contribution in [3.8, 4) is 11.5 Å². The summed E-state index contributed by atoms with van der Waals surface area (Å²) in [4.78, 5) is 0. The number of quaternary nitrogens is 1. The molecule has 1 unspecified atom stereocenters. The summed E-state index contributed by atoms with van der Waals surface area (Å²) in [6.45, 7) is 3.11. The molecule has 0 saturated heterocycles. The summed E-state index contributed by atoms with van der Waals surface area (Å²) >= 11 is 0. The molecule has 0 bridgehead atoms. The topological polar surface area (TPSA) is 60.7 Å². The number of aromatic hydroxyl groups is 2. The molecular formula is C15H24NO3+. The molecule has 1 aromatic carbocycles. The molecule has 0 spiro atoms. The van der Waals surface area contributed by atoms with Crippen molar-refractivity contribution >= 4 is 0 Å². The molecule has 19 heavy (non-hydrogen) atoms. The Balaban J connectivity index is 2.53. The van der Waals surface area contributed by atoms with Crippen LogP contribution in [0.5, 0.6) is 11.5 Å². The summed E-state index contributed by atoms with van der Waals surface area (Å²) in [6, 6.07) is 3.14. The third-order valence-electron chi connectivity index (χ3n) is 4.58. The van der Waals surface area contributed by atoms with Crippen LogP contribution in [0.4, 0.5) is 0 Å². The van der Waals surface area contributed by atoms with Crippen molar-refractivity contribution in [1.29, 1.82) is 0 Å². The molecule has 0 saturated carbocycles. The minimum Gasteiger partial charge on any atom is -0.508 e. The van der Waals surface area contributed by atoms with Gasteiger partial charge in [0.05, 0.1) is 27.2 Å². The molecule has 1 aliphatic heterocycles. The molecule has 4 heteroatoms. The van der Waals surface area contributed by atoms with E-state index in [1.165, 1.54) is 6.07 Å². The Morgan fingerprint density at radius 1 is 1.21 bits per heavy atom. The Morgan fingerprint density at radius 2 is 1.84 bits per heavy atom. The normalized spacial score (nSPS) is 26.3. The van der Waals surface area contributed by atoms with Gasteiger partial charge in [-0.25, -0.2) is 0 Å². The highest BCUT2D eigenvalue weighted by Crippen LogP contribution is 2.39. The van der Waals surface area contributed by atoms with E-state index in [1.807, 2.05) is 0 Å². The summed E-state index contributed by atoms with van der Waals surface area (Å²) in [6.07, 6.45) is 1.51. The zero-order valence-corrected chi connectivity index (χ0v) is 11.9. The first kappa shape index (κ1) is 14.2. The lowest BCUT2D eigenvalue weighted by molar-refractivity contribution is -0.916. The highest BCUT2D eigenvalue weighted by molar-refractivity contribution is 5.49. The van der Waals surface area contributed by atoms with E-state index in [0.717, 1.165) is 28.6 Å². The van der Waals surface area contributed by atoms with Crippen LogP contribution in [-0.2, 0) is 6.42 Å². The number of fused-ring (bicyclic) bond motifs is 1. The lowest BCUT2D eigenvalue weighted by Crippen LogP contribution is -2.53. The molecule has 2 rings (SSSR count). The van der Waals surface area contributed by atoms with Crippen molar-refractivity contribution in [1.82, 2.24) is 0 Å². The fourth-order valence-electron chi connectivity index (χ4n) is 3.03. The number of benzene rings is 1. The lowest BCUT2D eigenvalue weighted by atomic mass is 9.85. The Kier molecular flexibility index (Phi) is 3.74. The SMILES string of the molecule is C[C@@H]1CC[N+](C)(C)C(CO)Cc2c(O)ccc(O)c21. The molecule has 4 nitrogen and oxygen atoms in total. The van der Waals surface area contributed by atoms with Gasteiger partial charge in [0.1, 0.15) is 17.5 Å². The maximum atomic E-state index is 10.1. The van der Waals surface area contributed by atoms with E-state index in [0.29, 0.717) is 6.42 Å². The number of aliphatic hydroxyl groups excluding tert-OH is 1. The maximum Gasteiger partial charge on any atom is 0.119 e. The molecule has 0 aliphatic carbocycles. The van der Waals surface area contributed by atoms with Crippen LogP contribution < -0.4 is 0 Å². The van der Waals surface area contributed by atoms with E-state index in [2.05, 4.69) is 21.0 Å². The second-order valence-electron chi connectivity index (χ2n) is 6.23. The van der Waals surface area contributed by atoms with Crippen molar-refractivity contribution in [2.75, 3.05) is 27.2 Å². The van der Waals surface area contributed by atoms with Gasteiger partial charge < -0.3 is 19.8 Å². The predicted molar refractivity (Wildman–Crippen MR) is 74.4 cm³/mol.